The van der Waals surface area contributed by atoms with Gasteiger partial charge >= 0.3 is 0 Å². The first-order chi connectivity index (χ1) is 13.6. The van der Waals surface area contributed by atoms with E-state index in [1.54, 1.807) is 67.0 Å². The summed E-state index contributed by atoms with van der Waals surface area (Å²) in [6, 6.07) is 17.3. The molecule has 1 aromatic carbocycles. The molecule has 28 heavy (non-hydrogen) atoms. The summed E-state index contributed by atoms with van der Waals surface area (Å²) >= 11 is 0. The van der Waals surface area contributed by atoms with Crippen molar-refractivity contribution in [2.75, 3.05) is 0 Å². The Balaban J connectivity index is 1.93. The van der Waals surface area contributed by atoms with Gasteiger partial charge in [-0.1, -0.05) is 29.8 Å². The molecule has 0 saturated carbocycles. The molecule has 0 unspecified atom stereocenters. The van der Waals surface area contributed by atoms with Crippen LogP contribution in [0.15, 0.2) is 89.0 Å². The lowest BCUT2D eigenvalue weighted by molar-refractivity contribution is 0.595. The predicted molar refractivity (Wildman–Crippen MR) is 105 cm³/mol. The second kappa shape index (κ2) is 7.28. The first-order valence-electron chi connectivity index (χ1n) is 8.57. The van der Waals surface area contributed by atoms with Crippen LogP contribution < -0.4 is 0 Å². The molecule has 3 aromatic heterocycles. The minimum absolute atomic E-state index is 0.00901. The van der Waals surface area contributed by atoms with Gasteiger partial charge in [0, 0.05) is 12.4 Å². The Labute approximate surface area is 162 Å². The van der Waals surface area contributed by atoms with Crippen LogP contribution in [-0.4, -0.2) is 28.4 Å². The Morgan fingerprint density at radius 2 is 1.39 bits per heavy atom. The number of hydrogen-bond acceptors (Lipinski definition) is 6. The van der Waals surface area contributed by atoms with Gasteiger partial charge in [-0.15, -0.1) is 0 Å². The molecule has 138 valence electrons. The molecule has 0 atom stereocenters. The van der Waals surface area contributed by atoms with E-state index in [2.05, 4.69) is 19.9 Å². The fourth-order valence-corrected chi connectivity index (χ4v) is 4.06. The zero-order chi connectivity index (χ0) is 19.6. The van der Waals surface area contributed by atoms with Crippen LogP contribution in [0.4, 0.5) is 0 Å². The number of rotatable bonds is 4. The van der Waals surface area contributed by atoms with E-state index in [1.165, 1.54) is 6.20 Å². The fraction of sp³-hybridized carbons (Fsp3) is 0.0476. The third-order valence-electron chi connectivity index (χ3n) is 4.18. The third-order valence-corrected chi connectivity index (χ3v) is 5.95. The Kier molecular flexibility index (Phi) is 4.67. The summed E-state index contributed by atoms with van der Waals surface area (Å²) in [5, 5.41) is 0. The van der Waals surface area contributed by atoms with Gasteiger partial charge in [-0.3, -0.25) is 9.97 Å². The van der Waals surface area contributed by atoms with Crippen molar-refractivity contribution < 1.29 is 8.42 Å². The number of aryl methyl sites for hydroxylation is 1. The summed E-state index contributed by atoms with van der Waals surface area (Å²) in [6.07, 6.45) is 4.56. The van der Waals surface area contributed by atoms with E-state index >= 15 is 0 Å². The summed E-state index contributed by atoms with van der Waals surface area (Å²) in [6.45, 7) is 1.90. The second-order valence-corrected chi connectivity index (χ2v) is 8.07. The molecular formula is C21H16N4O2S. The molecule has 0 radical (unpaired) electrons. The summed E-state index contributed by atoms with van der Waals surface area (Å²) in [5.41, 5.74) is 2.23. The lowest BCUT2D eigenvalue weighted by atomic mass is 10.2. The number of nitrogens with zero attached hydrogens (tertiary/aromatic N) is 4. The quantitative estimate of drug-likeness (QED) is 0.529. The summed E-state index contributed by atoms with van der Waals surface area (Å²) in [4.78, 5) is 17.5. The van der Waals surface area contributed by atoms with Crippen LogP contribution in [0.25, 0.3) is 22.9 Å². The van der Waals surface area contributed by atoms with Crippen molar-refractivity contribution in [3.8, 4) is 22.9 Å². The molecule has 0 aliphatic heterocycles. The molecule has 0 bridgehead atoms. The third kappa shape index (κ3) is 3.39. The standard InChI is InChI=1S/C21H16N4O2S/c1-15-8-10-16(11-9-15)28(26,27)19-14-24-21(18-7-3-5-13-23-18)25-20(19)17-6-2-4-12-22-17/h2-14H,1H3. The molecule has 0 aliphatic carbocycles. The number of hydrogen-bond donors (Lipinski definition) is 0. The molecule has 7 heteroatoms. The number of pyridine rings is 2. The number of sulfone groups is 1. The van der Waals surface area contributed by atoms with Gasteiger partial charge in [0.1, 0.15) is 16.3 Å². The highest BCUT2D eigenvalue weighted by Gasteiger charge is 2.25. The topological polar surface area (TPSA) is 85.7 Å². The first kappa shape index (κ1) is 17.9. The van der Waals surface area contributed by atoms with E-state index < -0.39 is 9.84 Å². The van der Waals surface area contributed by atoms with Gasteiger partial charge in [0.25, 0.3) is 0 Å². The van der Waals surface area contributed by atoms with Gasteiger partial charge < -0.3 is 0 Å². The minimum Gasteiger partial charge on any atom is -0.255 e. The van der Waals surface area contributed by atoms with E-state index in [1.807, 2.05) is 13.0 Å². The number of aromatic nitrogens is 4. The van der Waals surface area contributed by atoms with Gasteiger partial charge in [0.2, 0.25) is 9.84 Å². The zero-order valence-electron chi connectivity index (χ0n) is 15.0. The maximum Gasteiger partial charge on any atom is 0.210 e. The minimum atomic E-state index is -3.82. The van der Waals surface area contributed by atoms with E-state index in [-0.39, 0.29) is 15.5 Å². The van der Waals surface area contributed by atoms with Crippen LogP contribution in [-0.2, 0) is 9.84 Å². The Morgan fingerprint density at radius 1 is 0.750 bits per heavy atom. The molecule has 4 rings (SSSR count). The van der Waals surface area contributed by atoms with Crippen molar-refractivity contribution in [2.45, 2.75) is 16.7 Å². The molecule has 0 aliphatic rings. The van der Waals surface area contributed by atoms with Crippen molar-refractivity contribution in [3.05, 3.63) is 84.8 Å². The monoisotopic (exact) mass is 388 g/mol. The summed E-state index contributed by atoms with van der Waals surface area (Å²) in [7, 11) is -3.82. The van der Waals surface area contributed by atoms with Crippen molar-refractivity contribution >= 4 is 9.84 Å². The molecule has 0 fully saturated rings. The molecule has 0 amide bonds. The van der Waals surface area contributed by atoms with E-state index in [0.717, 1.165) is 5.56 Å². The Bertz CT molecular complexity index is 1210. The summed E-state index contributed by atoms with van der Waals surface area (Å²) < 4.78 is 26.5. The van der Waals surface area contributed by atoms with Gasteiger partial charge in [-0.25, -0.2) is 18.4 Å². The smallest absolute Gasteiger partial charge is 0.210 e. The molecule has 3 heterocycles. The second-order valence-electron chi connectivity index (χ2n) is 6.15. The van der Waals surface area contributed by atoms with Crippen molar-refractivity contribution in [3.63, 3.8) is 0 Å². The van der Waals surface area contributed by atoms with Crippen LogP contribution >= 0.6 is 0 Å². The molecule has 0 saturated heterocycles. The van der Waals surface area contributed by atoms with E-state index in [9.17, 15) is 8.42 Å². The SMILES string of the molecule is Cc1ccc(S(=O)(=O)c2cnc(-c3ccccn3)nc2-c2ccccn2)cc1. The average molecular weight is 388 g/mol. The first-order valence-corrected chi connectivity index (χ1v) is 10.1. The van der Waals surface area contributed by atoms with Crippen LogP contribution in [0.2, 0.25) is 0 Å². The van der Waals surface area contributed by atoms with Crippen LogP contribution in [0, 0.1) is 6.92 Å². The van der Waals surface area contributed by atoms with Crippen LogP contribution in [0.1, 0.15) is 5.56 Å². The largest absolute Gasteiger partial charge is 0.255 e. The van der Waals surface area contributed by atoms with Crippen molar-refractivity contribution in [2.24, 2.45) is 0 Å². The maximum absolute atomic E-state index is 13.3. The van der Waals surface area contributed by atoms with E-state index in [4.69, 9.17) is 0 Å². The molecular weight excluding hydrogens is 372 g/mol. The molecule has 6 nitrogen and oxygen atoms in total. The van der Waals surface area contributed by atoms with Crippen LogP contribution in [0.3, 0.4) is 0 Å². The highest BCUT2D eigenvalue weighted by atomic mass is 32.2. The molecule has 0 N–H and O–H groups in total. The van der Waals surface area contributed by atoms with Gasteiger partial charge in [-0.05, 0) is 43.3 Å². The van der Waals surface area contributed by atoms with E-state index in [0.29, 0.717) is 17.2 Å². The van der Waals surface area contributed by atoms with Crippen molar-refractivity contribution in [1.82, 2.24) is 19.9 Å². The highest BCUT2D eigenvalue weighted by molar-refractivity contribution is 7.91. The lowest BCUT2D eigenvalue weighted by Crippen LogP contribution is -2.08. The van der Waals surface area contributed by atoms with Crippen LogP contribution in [0.5, 0.6) is 0 Å². The predicted octanol–water partition coefficient (Wildman–Crippen LogP) is 3.74. The zero-order valence-corrected chi connectivity index (χ0v) is 15.8. The lowest BCUT2D eigenvalue weighted by Gasteiger charge is -2.11. The van der Waals surface area contributed by atoms with Gasteiger partial charge in [0.15, 0.2) is 5.82 Å². The molecule has 0 spiro atoms. The average Bonchev–Trinajstić information content (AvgIpc) is 2.75. The Hall–Kier alpha value is -3.45. The number of benzene rings is 1. The summed E-state index contributed by atoms with van der Waals surface area (Å²) in [5.74, 6) is 0.337. The van der Waals surface area contributed by atoms with Crippen molar-refractivity contribution in [1.29, 1.82) is 0 Å². The normalized spacial score (nSPS) is 11.3. The highest BCUT2D eigenvalue weighted by Crippen LogP contribution is 2.30. The molecule has 4 aromatic rings. The maximum atomic E-state index is 13.3. The van der Waals surface area contributed by atoms with Gasteiger partial charge in [0.05, 0.1) is 16.8 Å². The Morgan fingerprint density at radius 3 is 2.00 bits per heavy atom. The fourth-order valence-electron chi connectivity index (χ4n) is 2.72. The van der Waals surface area contributed by atoms with Gasteiger partial charge in [-0.2, -0.15) is 0 Å².